The van der Waals surface area contributed by atoms with Crippen molar-refractivity contribution in [3.8, 4) is 0 Å². The van der Waals surface area contributed by atoms with Crippen LogP contribution in [0.25, 0.3) is 0 Å². The third-order valence-corrected chi connectivity index (χ3v) is 0. The first-order chi connectivity index (χ1) is 6.00. The molecule has 0 bridgehead atoms. The second-order valence-corrected chi connectivity index (χ2v) is 5.30. The lowest BCUT2D eigenvalue weighted by molar-refractivity contribution is 0.372. The Morgan fingerprint density at radius 1 is 0.529 bits per heavy atom. The Hall–Kier alpha value is 0.250. The van der Waals surface area contributed by atoms with Crippen molar-refractivity contribution in [2.45, 2.75) is 0 Å². The summed E-state index contributed by atoms with van der Waals surface area (Å²) in [6, 6.07) is 0. The van der Waals surface area contributed by atoms with Gasteiger partial charge in [-0.15, -0.1) is 0 Å². The summed E-state index contributed by atoms with van der Waals surface area (Å²) in [6.07, 6.45) is 0. The fourth-order valence-electron chi connectivity index (χ4n) is 0. The zero-order valence-corrected chi connectivity index (χ0v) is 11.1. The lowest BCUT2D eigenvalue weighted by atomic mass is 13.9. The Kier molecular flexibility index (Phi) is 20.3. The Morgan fingerprint density at radius 2 is 0.529 bits per heavy atom. The minimum absolute atomic E-state index is 0. The normalized spacial score (nSPS) is 10.4. The molecule has 112 valence electrons. The van der Waals surface area contributed by atoms with Gasteiger partial charge >= 0.3 is 23.2 Å². The maximum atomic E-state index is 9.10. The highest BCUT2D eigenvalue weighted by Gasteiger charge is 1.97. The van der Waals surface area contributed by atoms with Crippen LogP contribution in [0.15, 0.2) is 0 Å². The maximum Gasteiger partial charge on any atom is 0.397 e. The van der Waals surface area contributed by atoms with Crippen LogP contribution in [0.2, 0.25) is 0 Å². The van der Waals surface area contributed by atoms with Crippen LogP contribution in [-0.2, 0) is 13.7 Å². The molecule has 0 atom stereocenters. The molecular formula is H18N5O9P3. The van der Waals surface area contributed by atoms with Crippen LogP contribution in [-0.4, -0.2) is 29.4 Å². The van der Waals surface area contributed by atoms with Crippen LogP contribution in [0.3, 0.4) is 0 Å². The van der Waals surface area contributed by atoms with Crippen molar-refractivity contribution in [1.82, 2.24) is 12.3 Å². The summed E-state index contributed by atoms with van der Waals surface area (Å²) in [6.45, 7) is 0. The topological polar surface area (TPSA) is 321 Å². The van der Waals surface area contributed by atoms with Gasteiger partial charge in [0.25, 0.3) is 0 Å². The molecule has 0 rings (SSSR count). The third-order valence-electron chi connectivity index (χ3n) is 0. The van der Waals surface area contributed by atoms with Crippen LogP contribution in [0.5, 0.6) is 0 Å². The number of rotatable bonds is 0. The number of nitrogens with two attached hydrogens (primary N) is 3. The van der Waals surface area contributed by atoms with E-state index >= 15 is 0 Å². The smallest absolute Gasteiger partial charge is 0.344 e. The molecule has 0 heterocycles. The van der Waals surface area contributed by atoms with E-state index in [1.54, 1.807) is 0 Å². The quantitative estimate of drug-likeness (QED) is 0.204. The van der Waals surface area contributed by atoms with E-state index in [9.17, 15) is 0 Å². The minimum atomic E-state index is -4.14. The lowest BCUT2D eigenvalue weighted by Crippen LogP contribution is -1.87. The molecule has 17 heavy (non-hydrogen) atoms. The van der Waals surface area contributed by atoms with E-state index in [0.29, 0.717) is 0 Å². The van der Waals surface area contributed by atoms with E-state index in [1.165, 1.54) is 0 Å². The molecule has 0 saturated heterocycles. The van der Waals surface area contributed by atoms with Crippen LogP contribution < -0.4 is 28.8 Å². The van der Waals surface area contributed by atoms with Gasteiger partial charge in [-0.2, -0.15) is 0 Å². The van der Waals surface area contributed by atoms with E-state index in [-0.39, 0.29) is 12.3 Å². The molecule has 0 fully saturated rings. The molecule has 0 aliphatic rings. The van der Waals surface area contributed by atoms with Gasteiger partial charge in [-0.25, -0.2) is 30.2 Å². The fraction of sp³-hybridized carbons (Fsp3) is 0. The highest BCUT2D eigenvalue weighted by atomic mass is 31.2. The average molecular weight is 325 g/mol. The molecule has 0 aromatic carbocycles. The summed E-state index contributed by atoms with van der Waals surface area (Å²) in [5.74, 6) is 0. The predicted octanol–water partition coefficient (Wildman–Crippen LogP) is -2.56. The van der Waals surface area contributed by atoms with E-state index < -0.39 is 23.2 Å². The summed E-state index contributed by atoms with van der Waals surface area (Å²) in [4.78, 5) is 44.5. The highest BCUT2D eigenvalue weighted by molar-refractivity contribution is 7.49. The summed E-state index contributed by atoms with van der Waals surface area (Å²) in [5, 5.41) is 0. The van der Waals surface area contributed by atoms with Gasteiger partial charge < -0.3 is 41.7 Å². The van der Waals surface area contributed by atoms with E-state index in [4.69, 9.17) is 43.1 Å². The van der Waals surface area contributed by atoms with Gasteiger partial charge in [-0.3, -0.25) is 0 Å². The van der Waals surface area contributed by atoms with Crippen LogP contribution in [0.1, 0.15) is 0 Å². The van der Waals surface area contributed by atoms with Gasteiger partial charge in [0.1, 0.15) is 0 Å². The summed E-state index contributed by atoms with van der Waals surface area (Å²) in [7, 11) is -12.4. The second-order valence-electron chi connectivity index (χ2n) is 1.77. The Bertz CT molecular complexity index is 211. The number of hydrogen-bond donors (Lipinski definition) is 11. The first kappa shape index (κ1) is 30.4. The van der Waals surface area contributed by atoms with Crippen molar-refractivity contribution in [3.05, 3.63) is 0 Å². The van der Waals surface area contributed by atoms with Gasteiger partial charge in [0.05, 0.1) is 0 Å². The molecule has 0 saturated carbocycles. The van der Waals surface area contributed by atoms with E-state index in [0.717, 1.165) is 0 Å². The molecule has 17 heteroatoms. The monoisotopic (exact) mass is 325 g/mol. The second kappa shape index (κ2) is 11.3. The molecular weight excluding hydrogens is 307 g/mol. The molecule has 0 radical (unpaired) electrons. The van der Waals surface area contributed by atoms with Crippen molar-refractivity contribution < 1.29 is 43.1 Å². The molecule has 0 aromatic rings. The van der Waals surface area contributed by atoms with Gasteiger partial charge in [0.2, 0.25) is 0 Å². The minimum Gasteiger partial charge on any atom is -0.344 e. The van der Waals surface area contributed by atoms with Crippen LogP contribution in [0.4, 0.5) is 0 Å². The van der Waals surface area contributed by atoms with Crippen molar-refractivity contribution in [1.29, 1.82) is 0 Å². The standard InChI is InChI=1S/3H4NO3P.2H3N/c3*1-5(2,3)4;;/h3*(H4,1,2,3,4);2*1H3. The zero-order chi connectivity index (χ0) is 13.5. The highest BCUT2D eigenvalue weighted by Crippen LogP contribution is 2.20. The zero-order valence-electron chi connectivity index (χ0n) is 8.40. The Labute approximate surface area is 96.0 Å². The Morgan fingerprint density at radius 3 is 0.529 bits per heavy atom. The fourth-order valence-corrected chi connectivity index (χ4v) is 0. The molecule has 0 amide bonds. The molecule has 0 unspecified atom stereocenters. The van der Waals surface area contributed by atoms with E-state index in [1.807, 2.05) is 0 Å². The first-order valence-electron chi connectivity index (χ1n) is 2.52. The van der Waals surface area contributed by atoms with Crippen molar-refractivity contribution in [2.75, 3.05) is 0 Å². The number of hydrogen-bond acceptors (Lipinski definition) is 5. The Balaban J connectivity index is -0.0000000400. The molecule has 0 aromatic heterocycles. The first-order valence-corrected chi connectivity index (χ1v) is 7.57. The molecule has 0 aliphatic carbocycles. The van der Waals surface area contributed by atoms with Crippen LogP contribution in [0, 0.1) is 0 Å². The maximum absolute atomic E-state index is 9.10. The predicted molar refractivity (Wildman–Crippen MR) is 58.7 cm³/mol. The molecule has 14 nitrogen and oxygen atoms in total. The summed E-state index contributed by atoms with van der Waals surface area (Å²) >= 11 is 0. The van der Waals surface area contributed by atoms with Crippen molar-refractivity contribution >= 4 is 23.2 Å². The van der Waals surface area contributed by atoms with Crippen molar-refractivity contribution in [3.63, 3.8) is 0 Å². The molecule has 0 aliphatic heterocycles. The van der Waals surface area contributed by atoms with Gasteiger partial charge in [0.15, 0.2) is 0 Å². The summed E-state index contributed by atoms with van der Waals surface area (Å²) in [5.41, 5.74) is 12.1. The summed E-state index contributed by atoms with van der Waals surface area (Å²) < 4.78 is 27.3. The van der Waals surface area contributed by atoms with Crippen LogP contribution >= 0.6 is 23.2 Å². The third kappa shape index (κ3) is 52800. The van der Waals surface area contributed by atoms with Gasteiger partial charge in [-0.05, 0) is 0 Å². The van der Waals surface area contributed by atoms with Crippen molar-refractivity contribution in [2.24, 2.45) is 16.5 Å². The van der Waals surface area contributed by atoms with Gasteiger partial charge in [-0.1, -0.05) is 0 Å². The largest absolute Gasteiger partial charge is 0.397 e. The molecule has 0 spiro atoms. The molecule has 18 N–H and O–H groups in total. The SMILES string of the molecule is N.N.NP(=O)(O)O.NP(=O)(O)O.NP(=O)(O)O. The van der Waals surface area contributed by atoms with Gasteiger partial charge in [0, 0.05) is 0 Å². The van der Waals surface area contributed by atoms with E-state index in [2.05, 4.69) is 16.5 Å². The lowest BCUT2D eigenvalue weighted by Gasteiger charge is -1.84. The average Bonchev–Trinajstić information content (AvgIpc) is 1.41.